The molecule has 0 bridgehead atoms. The molecule has 0 radical (unpaired) electrons. The first-order chi connectivity index (χ1) is 18.0. The molecule has 3 N–H and O–H groups in total. The number of aromatic nitrogens is 3. The molecule has 1 aliphatic heterocycles. The molecule has 2 heterocycles. The molecule has 1 aromatic carbocycles. The first-order valence-corrected chi connectivity index (χ1v) is 13.4. The third-order valence-electron chi connectivity index (χ3n) is 6.75. The van der Waals surface area contributed by atoms with Gasteiger partial charge in [0.25, 0.3) is 0 Å². The van der Waals surface area contributed by atoms with Crippen LogP contribution in [0.3, 0.4) is 0 Å². The molecular weight excluding hydrogens is 477 g/mol. The fraction of sp³-hybridized carbons (Fsp3) is 0.615. The van der Waals surface area contributed by atoms with Crippen LogP contribution in [0.25, 0.3) is 0 Å². The van der Waals surface area contributed by atoms with Crippen LogP contribution >= 0.6 is 0 Å². The zero-order chi connectivity index (χ0) is 26.0. The van der Waals surface area contributed by atoms with Crippen molar-refractivity contribution in [3.05, 3.63) is 24.0 Å². The number of methoxy groups -OCH3 is 1. The smallest absolute Gasteiger partial charge is 0.409 e. The van der Waals surface area contributed by atoms with E-state index in [1.807, 2.05) is 6.92 Å². The van der Waals surface area contributed by atoms with Crippen molar-refractivity contribution in [1.82, 2.24) is 19.9 Å². The van der Waals surface area contributed by atoms with Crippen LogP contribution in [0.1, 0.15) is 64.7 Å². The quantitative estimate of drug-likeness (QED) is 0.382. The van der Waals surface area contributed by atoms with E-state index in [1.165, 1.54) is 38.9 Å². The van der Waals surface area contributed by atoms with Gasteiger partial charge in [-0.05, 0) is 44.2 Å². The van der Waals surface area contributed by atoms with Gasteiger partial charge < -0.3 is 30.3 Å². The summed E-state index contributed by atoms with van der Waals surface area (Å²) in [6.07, 6.45) is 9.09. The minimum absolute atomic E-state index is 0.106. The molecule has 202 valence electrons. The molecular formula is C26H38FN7O3. The number of piperidine rings is 1. The fourth-order valence-electron chi connectivity index (χ4n) is 4.71. The number of hydrogen-bond donors (Lipinski definition) is 3. The Bertz CT molecular complexity index is 1030. The molecule has 1 aromatic heterocycles. The third kappa shape index (κ3) is 7.80. The van der Waals surface area contributed by atoms with Crippen molar-refractivity contribution in [2.75, 3.05) is 42.8 Å². The van der Waals surface area contributed by atoms with Crippen molar-refractivity contribution in [3.63, 3.8) is 0 Å². The number of anilines is 4. The number of ether oxygens (including phenoxy) is 2. The minimum atomic E-state index is -0.471. The van der Waals surface area contributed by atoms with E-state index in [1.54, 1.807) is 17.0 Å². The number of carbonyl (C=O) groups excluding carboxylic acids is 1. The predicted octanol–water partition coefficient (Wildman–Crippen LogP) is 5.32. The maximum absolute atomic E-state index is 14.2. The highest BCUT2D eigenvalue weighted by atomic mass is 19.1. The average molecular weight is 516 g/mol. The minimum Gasteiger partial charge on any atom is -0.494 e. The van der Waals surface area contributed by atoms with E-state index in [0.717, 1.165) is 32.1 Å². The van der Waals surface area contributed by atoms with E-state index in [2.05, 4.69) is 30.9 Å². The maximum atomic E-state index is 14.2. The number of nitrogens with zero attached hydrogens (tertiary/aromatic N) is 4. The molecule has 2 fully saturated rings. The van der Waals surface area contributed by atoms with Crippen LogP contribution in [0, 0.1) is 5.82 Å². The summed E-state index contributed by atoms with van der Waals surface area (Å²) in [5.41, 5.74) is 0.509. The predicted molar refractivity (Wildman–Crippen MR) is 141 cm³/mol. The van der Waals surface area contributed by atoms with Gasteiger partial charge in [0.15, 0.2) is 11.6 Å². The zero-order valence-corrected chi connectivity index (χ0v) is 21.8. The van der Waals surface area contributed by atoms with Gasteiger partial charge in [0.2, 0.25) is 17.8 Å². The number of benzene rings is 1. The highest BCUT2D eigenvalue weighted by Gasteiger charge is 2.25. The number of amides is 1. The summed E-state index contributed by atoms with van der Waals surface area (Å²) in [4.78, 5) is 27.7. The molecule has 0 unspecified atom stereocenters. The van der Waals surface area contributed by atoms with Crippen LogP contribution in [0.4, 0.5) is 32.7 Å². The molecule has 1 aliphatic carbocycles. The lowest BCUT2D eigenvalue weighted by atomic mass is 10.1. The monoisotopic (exact) mass is 515 g/mol. The van der Waals surface area contributed by atoms with E-state index < -0.39 is 5.82 Å². The van der Waals surface area contributed by atoms with E-state index >= 15 is 0 Å². The van der Waals surface area contributed by atoms with E-state index in [-0.39, 0.29) is 17.9 Å². The van der Waals surface area contributed by atoms with Crippen molar-refractivity contribution in [1.29, 1.82) is 0 Å². The maximum Gasteiger partial charge on any atom is 0.409 e. The summed E-state index contributed by atoms with van der Waals surface area (Å²) < 4.78 is 24.5. The molecule has 1 amide bonds. The van der Waals surface area contributed by atoms with Crippen LogP contribution in [-0.2, 0) is 4.74 Å². The second-order valence-corrected chi connectivity index (χ2v) is 9.63. The van der Waals surface area contributed by atoms with Crippen molar-refractivity contribution < 1.29 is 18.7 Å². The highest BCUT2D eigenvalue weighted by Crippen LogP contribution is 2.25. The first kappa shape index (κ1) is 26.7. The number of hydrogen-bond acceptors (Lipinski definition) is 9. The molecule has 1 saturated carbocycles. The van der Waals surface area contributed by atoms with Gasteiger partial charge in [0.1, 0.15) is 0 Å². The van der Waals surface area contributed by atoms with Gasteiger partial charge in [-0.1, -0.05) is 32.6 Å². The number of likely N-dealkylation sites (tertiary alicyclic amines) is 1. The largest absolute Gasteiger partial charge is 0.494 e. The molecule has 4 rings (SSSR count). The SMILES string of the molecule is CCCOC(=O)N1CCC(Nc2nc(Nc3ccc(OC)c(F)c3)nc(NC3CCCCCC3)n2)CC1. The van der Waals surface area contributed by atoms with Crippen molar-refractivity contribution in [2.24, 2.45) is 0 Å². The summed E-state index contributed by atoms with van der Waals surface area (Å²) >= 11 is 0. The van der Waals surface area contributed by atoms with Gasteiger partial charge in [-0.2, -0.15) is 15.0 Å². The average Bonchev–Trinajstić information content (AvgIpc) is 3.16. The van der Waals surface area contributed by atoms with Crippen molar-refractivity contribution in [2.45, 2.75) is 76.8 Å². The molecule has 2 aliphatic rings. The topological polar surface area (TPSA) is 114 Å². The van der Waals surface area contributed by atoms with Crippen LogP contribution in [-0.4, -0.2) is 64.8 Å². The Kier molecular flexibility index (Phi) is 9.56. The van der Waals surface area contributed by atoms with Crippen LogP contribution in [0.5, 0.6) is 5.75 Å². The molecule has 0 atom stereocenters. The zero-order valence-electron chi connectivity index (χ0n) is 21.8. The van der Waals surface area contributed by atoms with E-state index in [9.17, 15) is 9.18 Å². The standard InChI is InChI=1S/C26H38FN7O3/c1-3-16-37-26(35)34-14-12-19(13-15-34)29-24-31-23(28-18-8-6-4-5-7-9-18)32-25(33-24)30-20-10-11-22(36-2)21(27)17-20/h10-11,17-19H,3-9,12-16H2,1-2H3,(H3,28,29,30,31,32,33). The Morgan fingerprint density at radius 3 is 2.19 bits per heavy atom. The first-order valence-electron chi connectivity index (χ1n) is 13.4. The third-order valence-corrected chi connectivity index (χ3v) is 6.75. The molecule has 2 aromatic rings. The number of rotatable bonds is 9. The number of nitrogens with one attached hydrogen (secondary N) is 3. The van der Waals surface area contributed by atoms with Gasteiger partial charge in [-0.3, -0.25) is 0 Å². The second kappa shape index (κ2) is 13.3. The Hall–Kier alpha value is -3.37. The molecule has 11 heteroatoms. The Labute approximate surface area is 217 Å². The highest BCUT2D eigenvalue weighted by molar-refractivity contribution is 5.67. The molecule has 10 nitrogen and oxygen atoms in total. The van der Waals surface area contributed by atoms with Gasteiger partial charge in [-0.25, -0.2) is 9.18 Å². The van der Waals surface area contributed by atoms with Crippen LogP contribution in [0.15, 0.2) is 18.2 Å². The van der Waals surface area contributed by atoms with E-state index in [0.29, 0.717) is 49.3 Å². The van der Waals surface area contributed by atoms with Crippen LogP contribution < -0.4 is 20.7 Å². The molecule has 37 heavy (non-hydrogen) atoms. The number of carbonyl (C=O) groups is 1. The number of halogens is 1. The lowest BCUT2D eigenvalue weighted by molar-refractivity contribution is 0.0939. The summed E-state index contributed by atoms with van der Waals surface area (Å²) in [6, 6.07) is 5.03. The van der Waals surface area contributed by atoms with Gasteiger partial charge in [0.05, 0.1) is 13.7 Å². The van der Waals surface area contributed by atoms with Gasteiger partial charge in [-0.15, -0.1) is 0 Å². The van der Waals surface area contributed by atoms with Crippen molar-refractivity contribution >= 4 is 29.6 Å². The Balaban J connectivity index is 1.46. The molecule has 0 spiro atoms. The lowest BCUT2D eigenvalue weighted by Gasteiger charge is -2.31. The lowest BCUT2D eigenvalue weighted by Crippen LogP contribution is -2.43. The second-order valence-electron chi connectivity index (χ2n) is 9.63. The summed E-state index contributed by atoms with van der Waals surface area (Å²) in [5, 5.41) is 10.0. The Morgan fingerprint density at radius 1 is 0.973 bits per heavy atom. The summed E-state index contributed by atoms with van der Waals surface area (Å²) in [5.74, 6) is 0.944. The Morgan fingerprint density at radius 2 is 1.59 bits per heavy atom. The van der Waals surface area contributed by atoms with Gasteiger partial charge >= 0.3 is 6.09 Å². The fourth-order valence-corrected chi connectivity index (χ4v) is 4.71. The van der Waals surface area contributed by atoms with Crippen molar-refractivity contribution in [3.8, 4) is 5.75 Å². The van der Waals surface area contributed by atoms with Crippen LogP contribution in [0.2, 0.25) is 0 Å². The van der Waals surface area contributed by atoms with E-state index in [4.69, 9.17) is 9.47 Å². The van der Waals surface area contributed by atoms with Gasteiger partial charge in [0, 0.05) is 36.9 Å². The summed E-state index contributed by atoms with van der Waals surface area (Å²) in [6.45, 7) is 3.63. The summed E-state index contributed by atoms with van der Waals surface area (Å²) in [7, 11) is 1.43. The normalized spacial score (nSPS) is 17.1. The molecule has 1 saturated heterocycles.